The van der Waals surface area contributed by atoms with Crippen molar-refractivity contribution in [3.63, 3.8) is 0 Å². The highest BCUT2D eigenvalue weighted by Crippen LogP contribution is 2.65. The van der Waals surface area contributed by atoms with Crippen LogP contribution in [0.1, 0.15) is 27.7 Å². The molecule has 1 aliphatic heterocycles. The van der Waals surface area contributed by atoms with Gasteiger partial charge in [0.1, 0.15) is 6.10 Å². The molecular formula is C10H16O2. The smallest absolute Gasteiger partial charge is 0.310 e. The zero-order chi connectivity index (χ0) is 9.09. The van der Waals surface area contributed by atoms with Crippen molar-refractivity contribution in [2.24, 2.45) is 23.2 Å². The Morgan fingerprint density at radius 1 is 1.42 bits per heavy atom. The summed E-state index contributed by atoms with van der Waals surface area (Å²) in [7, 11) is 0. The Bertz CT molecular complexity index is 230. The molecule has 3 atom stereocenters. The number of esters is 1. The lowest BCUT2D eigenvalue weighted by atomic mass is 9.97. The largest absolute Gasteiger partial charge is 0.462 e. The molecule has 2 aliphatic rings. The van der Waals surface area contributed by atoms with Gasteiger partial charge in [0.15, 0.2) is 0 Å². The van der Waals surface area contributed by atoms with Gasteiger partial charge in [-0.15, -0.1) is 0 Å². The zero-order valence-corrected chi connectivity index (χ0v) is 8.13. The molecule has 0 aromatic heterocycles. The van der Waals surface area contributed by atoms with Crippen molar-refractivity contribution in [2.75, 3.05) is 0 Å². The summed E-state index contributed by atoms with van der Waals surface area (Å²) < 4.78 is 5.28. The molecule has 2 rings (SSSR count). The molecule has 12 heavy (non-hydrogen) atoms. The monoisotopic (exact) mass is 168 g/mol. The third kappa shape index (κ3) is 0.782. The van der Waals surface area contributed by atoms with Crippen LogP contribution in [0, 0.1) is 23.2 Å². The Kier molecular flexibility index (Phi) is 1.37. The molecule has 0 bridgehead atoms. The van der Waals surface area contributed by atoms with Crippen molar-refractivity contribution >= 4 is 5.97 Å². The highest BCUT2D eigenvalue weighted by molar-refractivity contribution is 5.80. The lowest BCUT2D eigenvalue weighted by Gasteiger charge is -2.20. The van der Waals surface area contributed by atoms with Crippen molar-refractivity contribution in [1.82, 2.24) is 0 Å². The number of hydrogen-bond donors (Lipinski definition) is 0. The van der Waals surface area contributed by atoms with E-state index in [0.717, 1.165) is 0 Å². The van der Waals surface area contributed by atoms with Crippen LogP contribution in [-0.2, 0) is 9.53 Å². The average Bonchev–Trinajstić information content (AvgIpc) is 2.37. The van der Waals surface area contributed by atoms with Gasteiger partial charge in [-0.3, -0.25) is 4.79 Å². The Balaban J connectivity index is 2.19. The molecule has 0 N–H and O–H groups in total. The lowest BCUT2D eigenvalue weighted by Crippen LogP contribution is -2.24. The summed E-state index contributed by atoms with van der Waals surface area (Å²) in [6, 6.07) is 0. The Morgan fingerprint density at radius 3 is 2.25 bits per heavy atom. The van der Waals surface area contributed by atoms with Crippen molar-refractivity contribution < 1.29 is 9.53 Å². The van der Waals surface area contributed by atoms with E-state index in [9.17, 15) is 4.79 Å². The summed E-state index contributed by atoms with van der Waals surface area (Å²) >= 11 is 0. The van der Waals surface area contributed by atoms with Gasteiger partial charge in [-0.05, 0) is 11.3 Å². The maximum Gasteiger partial charge on any atom is 0.310 e. The molecule has 1 heterocycles. The van der Waals surface area contributed by atoms with Crippen LogP contribution in [0.25, 0.3) is 0 Å². The quantitative estimate of drug-likeness (QED) is 0.558. The minimum Gasteiger partial charge on any atom is -0.462 e. The predicted molar refractivity (Wildman–Crippen MR) is 45.5 cm³/mol. The van der Waals surface area contributed by atoms with Crippen LogP contribution in [0.5, 0.6) is 0 Å². The van der Waals surface area contributed by atoms with Gasteiger partial charge in [-0.25, -0.2) is 0 Å². The van der Waals surface area contributed by atoms with E-state index in [-0.39, 0.29) is 23.4 Å². The fraction of sp³-hybridized carbons (Fsp3) is 0.900. The van der Waals surface area contributed by atoms with Crippen molar-refractivity contribution in [2.45, 2.75) is 33.8 Å². The standard InChI is InChI=1S/C10H16O2/c1-5(2)8-6-7(9(11)12-8)10(6,3)4/h5-8H,1-4H3/t6-,7+,8?/m1/s1. The van der Waals surface area contributed by atoms with E-state index in [1.807, 2.05) is 0 Å². The SMILES string of the molecule is CC(C)C1OC(=O)[C@@H]2[C@H]1C2(C)C. The topological polar surface area (TPSA) is 26.3 Å². The van der Waals surface area contributed by atoms with Crippen LogP contribution in [0.2, 0.25) is 0 Å². The molecular weight excluding hydrogens is 152 g/mol. The first-order valence-electron chi connectivity index (χ1n) is 4.66. The van der Waals surface area contributed by atoms with Crippen LogP contribution in [0.3, 0.4) is 0 Å². The molecule has 68 valence electrons. The van der Waals surface area contributed by atoms with Crippen molar-refractivity contribution in [3.05, 3.63) is 0 Å². The number of cyclic esters (lactones) is 1. The minimum atomic E-state index is 0.0312. The van der Waals surface area contributed by atoms with Crippen molar-refractivity contribution in [1.29, 1.82) is 0 Å². The first-order chi connectivity index (χ1) is 5.46. The number of carbonyl (C=O) groups excluding carboxylic acids is 1. The van der Waals surface area contributed by atoms with Gasteiger partial charge in [0, 0.05) is 5.92 Å². The molecule has 0 radical (unpaired) electrons. The Hall–Kier alpha value is -0.530. The van der Waals surface area contributed by atoms with E-state index in [0.29, 0.717) is 11.8 Å². The van der Waals surface area contributed by atoms with Crippen LogP contribution in [0.4, 0.5) is 0 Å². The number of hydrogen-bond acceptors (Lipinski definition) is 2. The summed E-state index contributed by atoms with van der Waals surface area (Å²) in [5.41, 5.74) is 0.213. The van der Waals surface area contributed by atoms with Crippen LogP contribution >= 0.6 is 0 Å². The average molecular weight is 168 g/mol. The van der Waals surface area contributed by atoms with Gasteiger partial charge in [0.2, 0.25) is 0 Å². The van der Waals surface area contributed by atoms with Gasteiger partial charge in [0.25, 0.3) is 0 Å². The molecule has 0 spiro atoms. The van der Waals surface area contributed by atoms with Gasteiger partial charge >= 0.3 is 5.97 Å². The zero-order valence-electron chi connectivity index (χ0n) is 8.13. The third-order valence-corrected chi connectivity index (χ3v) is 3.43. The summed E-state index contributed by atoms with van der Waals surface area (Å²) in [5, 5.41) is 0. The summed E-state index contributed by atoms with van der Waals surface area (Å²) in [5.74, 6) is 1.18. The fourth-order valence-electron chi connectivity index (χ4n) is 2.57. The van der Waals surface area contributed by atoms with Crippen LogP contribution in [0.15, 0.2) is 0 Å². The Labute approximate surface area is 73.3 Å². The summed E-state index contributed by atoms with van der Waals surface area (Å²) in [4.78, 5) is 11.3. The van der Waals surface area contributed by atoms with E-state index in [1.54, 1.807) is 0 Å². The molecule has 2 nitrogen and oxygen atoms in total. The normalized spacial score (nSPS) is 42.8. The molecule has 2 fully saturated rings. The first kappa shape index (κ1) is 8.09. The second-order valence-electron chi connectivity index (χ2n) is 4.97. The lowest BCUT2D eigenvalue weighted by molar-refractivity contribution is -0.149. The van der Waals surface area contributed by atoms with E-state index >= 15 is 0 Å². The van der Waals surface area contributed by atoms with Crippen LogP contribution < -0.4 is 0 Å². The van der Waals surface area contributed by atoms with Gasteiger partial charge in [-0.1, -0.05) is 27.7 Å². The number of rotatable bonds is 1. The minimum absolute atomic E-state index is 0.0312. The highest BCUT2D eigenvalue weighted by atomic mass is 16.6. The van der Waals surface area contributed by atoms with E-state index in [2.05, 4.69) is 27.7 Å². The number of carbonyl (C=O) groups is 1. The summed E-state index contributed by atoms with van der Waals surface area (Å²) in [6.45, 7) is 8.57. The number of fused-ring (bicyclic) bond motifs is 1. The van der Waals surface area contributed by atoms with Gasteiger partial charge < -0.3 is 4.74 Å². The third-order valence-electron chi connectivity index (χ3n) is 3.43. The van der Waals surface area contributed by atoms with E-state index in [1.165, 1.54) is 0 Å². The second-order valence-corrected chi connectivity index (χ2v) is 4.97. The molecule has 0 aromatic carbocycles. The second kappa shape index (κ2) is 2.04. The van der Waals surface area contributed by atoms with Gasteiger partial charge in [-0.2, -0.15) is 0 Å². The van der Waals surface area contributed by atoms with E-state index < -0.39 is 0 Å². The Morgan fingerprint density at radius 2 is 2.00 bits per heavy atom. The predicted octanol–water partition coefficient (Wildman–Crippen LogP) is 1.84. The fourth-order valence-corrected chi connectivity index (χ4v) is 2.57. The molecule has 1 saturated carbocycles. The molecule has 1 aliphatic carbocycles. The molecule has 1 unspecified atom stereocenters. The molecule has 2 heteroatoms. The van der Waals surface area contributed by atoms with E-state index in [4.69, 9.17) is 4.74 Å². The summed E-state index contributed by atoms with van der Waals surface area (Å²) in [6.07, 6.45) is 0.178. The molecule has 0 amide bonds. The van der Waals surface area contributed by atoms with Crippen LogP contribution in [-0.4, -0.2) is 12.1 Å². The first-order valence-corrected chi connectivity index (χ1v) is 4.66. The molecule has 0 aromatic rings. The number of ether oxygens (including phenoxy) is 1. The van der Waals surface area contributed by atoms with Crippen molar-refractivity contribution in [3.8, 4) is 0 Å². The molecule has 1 saturated heterocycles. The maximum atomic E-state index is 11.3. The maximum absolute atomic E-state index is 11.3. The van der Waals surface area contributed by atoms with Gasteiger partial charge in [0.05, 0.1) is 5.92 Å². The highest BCUT2D eigenvalue weighted by Gasteiger charge is 2.71.